The van der Waals surface area contributed by atoms with Gasteiger partial charge in [0.05, 0.1) is 19.3 Å². The molecule has 0 amide bonds. The van der Waals surface area contributed by atoms with E-state index in [1.807, 2.05) is 0 Å². The molecule has 1 aromatic carbocycles. The number of ketones is 1. The van der Waals surface area contributed by atoms with Crippen molar-refractivity contribution in [2.24, 2.45) is 0 Å². The molecule has 0 saturated carbocycles. The second-order valence-corrected chi connectivity index (χ2v) is 7.16. The first-order valence-electron chi connectivity index (χ1n) is 6.73. The zero-order valence-electron chi connectivity index (χ0n) is 12.1. The van der Waals surface area contributed by atoms with Gasteiger partial charge in [-0.3, -0.25) is 9.36 Å². The number of halogens is 1. The van der Waals surface area contributed by atoms with E-state index in [-0.39, 0.29) is 19.6 Å². The van der Waals surface area contributed by atoms with Crippen LogP contribution in [0, 0.1) is 0 Å². The molecule has 7 heteroatoms. The van der Waals surface area contributed by atoms with Crippen molar-refractivity contribution in [1.82, 2.24) is 0 Å². The lowest BCUT2D eigenvalue weighted by atomic mass is 10.1. The third-order valence-corrected chi connectivity index (χ3v) is 5.78. The van der Waals surface area contributed by atoms with Crippen molar-refractivity contribution in [2.75, 3.05) is 13.2 Å². The first-order valence-corrected chi connectivity index (χ1v) is 8.78. The highest BCUT2D eigenvalue weighted by molar-refractivity contribution is 7.57. The van der Waals surface area contributed by atoms with Crippen LogP contribution in [0.5, 0.6) is 0 Å². The molecule has 0 aliphatic carbocycles. The maximum atomic E-state index is 12.4. The van der Waals surface area contributed by atoms with E-state index < -0.39 is 24.6 Å². The van der Waals surface area contributed by atoms with Crippen molar-refractivity contribution in [3.05, 3.63) is 35.9 Å². The highest BCUT2D eigenvalue weighted by Gasteiger charge is 2.39. The molecule has 0 spiro atoms. The summed E-state index contributed by atoms with van der Waals surface area (Å²) in [5, 5.41) is 8.59. The van der Waals surface area contributed by atoms with Crippen molar-refractivity contribution in [2.45, 2.75) is 31.5 Å². The SMILES string of the molecule is CCOP(=O)(OCC)C(Cl)C(=O)C[C@@H](O)c1ccccc1. The van der Waals surface area contributed by atoms with E-state index in [1.54, 1.807) is 44.2 Å². The van der Waals surface area contributed by atoms with Crippen LogP contribution >= 0.6 is 19.2 Å². The Hall–Kier alpha value is -0.710. The lowest BCUT2D eigenvalue weighted by Gasteiger charge is -2.21. The van der Waals surface area contributed by atoms with Crippen molar-refractivity contribution < 1.29 is 23.5 Å². The first-order chi connectivity index (χ1) is 9.94. The van der Waals surface area contributed by atoms with Gasteiger partial charge in [-0.15, -0.1) is 11.6 Å². The molecule has 0 heterocycles. The number of alkyl halides is 1. The average Bonchev–Trinajstić information content (AvgIpc) is 2.47. The molecule has 0 bridgehead atoms. The lowest BCUT2D eigenvalue weighted by Crippen LogP contribution is -2.20. The summed E-state index contributed by atoms with van der Waals surface area (Å²) in [5.41, 5.74) is 0.595. The molecule has 2 atom stereocenters. The van der Waals surface area contributed by atoms with Gasteiger partial charge in [-0.1, -0.05) is 30.3 Å². The molecule has 5 nitrogen and oxygen atoms in total. The van der Waals surface area contributed by atoms with Crippen LogP contribution in [-0.2, 0) is 18.4 Å². The second kappa shape index (κ2) is 8.66. The molecule has 0 saturated heterocycles. The lowest BCUT2D eigenvalue weighted by molar-refractivity contribution is -0.119. The Labute approximate surface area is 129 Å². The number of hydrogen-bond donors (Lipinski definition) is 1. The Kier molecular flexibility index (Phi) is 7.57. The van der Waals surface area contributed by atoms with Gasteiger partial charge in [-0.05, 0) is 19.4 Å². The Bertz CT molecular complexity index is 483. The summed E-state index contributed by atoms with van der Waals surface area (Å²) in [6, 6.07) is 8.72. The minimum absolute atomic E-state index is 0.120. The van der Waals surface area contributed by atoms with Crippen LogP contribution in [0.25, 0.3) is 0 Å². The minimum Gasteiger partial charge on any atom is -0.388 e. The number of rotatable bonds is 9. The highest BCUT2D eigenvalue weighted by Crippen LogP contribution is 2.55. The molecule has 1 unspecified atom stereocenters. The fourth-order valence-corrected chi connectivity index (χ4v) is 3.73. The van der Waals surface area contributed by atoms with E-state index in [0.29, 0.717) is 5.56 Å². The molecule has 0 fully saturated rings. The highest BCUT2D eigenvalue weighted by atomic mass is 35.5. The van der Waals surface area contributed by atoms with E-state index in [4.69, 9.17) is 20.6 Å². The maximum absolute atomic E-state index is 12.4. The minimum atomic E-state index is -3.71. The van der Waals surface area contributed by atoms with Gasteiger partial charge in [-0.25, -0.2) is 0 Å². The van der Waals surface area contributed by atoms with Gasteiger partial charge in [0.25, 0.3) is 0 Å². The van der Waals surface area contributed by atoms with Crippen molar-refractivity contribution in [3.63, 3.8) is 0 Å². The van der Waals surface area contributed by atoms with E-state index >= 15 is 0 Å². The smallest absolute Gasteiger partial charge is 0.355 e. The normalized spacial score (nSPS) is 14.7. The fraction of sp³-hybridized carbons (Fsp3) is 0.500. The Morgan fingerprint density at radius 3 is 2.24 bits per heavy atom. The Morgan fingerprint density at radius 1 is 1.24 bits per heavy atom. The molecule has 21 heavy (non-hydrogen) atoms. The van der Waals surface area contributed by atoms with E-state index in [2.05, 4.69) is 0 Å². The van der Waals surface area contributed by atoms with Crippen LogP contribution in [0.2, 0.25) is 0 Å². The molecule has 118 valence electrons. The number of hydrogen-bond acceptors (Lipinski definition) is 5. The number of benzene rings is 1. The van der Waals surface area contributed by atoms with Gasteiger partial charge in [0, 0.05) is 6.42 Å². The molecule has 1 aromatic rings. The monoisotopic (exact) mass is 334 g/mol. The molecule has 0 aliphatic rings. The summed E-state index contributed by atoms with van der Waals surface area (Å²) in [7, 11) is -3.71. The fourth-order valence-electron chi connectivity index (χ4n) is 1.79. The summed E-state index contributed by atoms with van der Waals surface area (Å²) >= 11 is 5.95. The largest absolute Gasteiger partial charge is 0.388 e. The summed E-state index contributed by atoms with van der Waals surface area (Å²) in [6.45, 7) is 3.52. The first kappa shape index (κ1) is 18.3. The van der Waals surface area contributed by atoms with Crippen LogP contribution < -0.4 is 0 Å². The third-order valence-electron chi connectivity index (χ3n) is 2.74. The topological polar surface area (TPSA) is 72.8 Å². The number of carbonyl (C=O) groups is 1. The predicted molar refractivity (Wildman–Crippen MR) is 81.5 cm³/mol. The Balaban J connectivity index is 2.75. The van der Waals surface area contributed by atoms with Gasteiger partial charge >= 0.3 is 7.60 Å². The third kappa shape index (κ3) is 5.20. The standard InChI is InChI=1S/C14H20ClO5P/c1-3-19-21(18,20-4-2)14(15)13(17)10-12(16)11-8-6-5-7-9-11/h5-9,12,14,16H,3-4,10H2,1-2H3/t12-,14?/m1/s1. The number of aliphatic hydroxyl groups is 1. The number of Topliss-reactive ketones (excluding diaryl/α,β-unsaturated/α-hetero) is 1. The van der Waals surface area contributed by atoms with Crippen molar-refractivity contribution >= 4 is 25.0 Å². The van der Waals surface area contributed by atoms with Crippen LogP contribution in [0.3, 0.4) is 0 Å². The quantitative estimate of drug-likeness (QED) is 0.552. The number of carbonyl (C=O) groups excluding carboxylic acids is 1. The summed E-state index contributed by atoms with van der Waals surface area (Å²) in [6.07, 6.45) is -1.25. The molecule has 0 aliphatic heterocycles. The van der Waals surface area contributed by atoms with Gasteiger partial charge in [0.1, 0.15) is 0 Å². The van der Waals surface area contributed by atoms with Gasteiger partial charge < -0.3 is 14.2 Å². The van der Waals surface area contributed by atoms with Crippen LogP contribution in [-0.4, -0.2) is 29.2 Å². The van der Waals surface area contributed by atoms with Gasteiger partial charge in [-0.2, -0.15) is 0 Å². The van der Waals surface area contributed by atoms with Crippen molar-refractivity contribution in [1.29, 1.82) is 0 Å². The second-order valence-electron chi connectivity index (χ2n) is 4.31. The average molecular weight is 335 g/mol. The number of aliphatic hydroxyl groups excluding tert-OH is 1. The summed E-state index contributed by atoms with van der Waals surface area (Å²) in [5.74, 6) is -0.571. The molecule has 0 aromatic heterocycles. The van der Waals surface area contributed by atoms with Crippen LogP contribution in [0.4, 0.5) is 0 Å². The molecule has 1 N–H and O–H groups in total. The zero-order chi connectivity index (χ0) is 15.9. The zero-order valence-corrected chi connectivity index (χ0v) is 13.7. The molecular formula is C14H20ClO5P. The summed E-state index contributed by atoms with van der Waals surface area (Å²) < 4.78 is 22.5. The van der Waals surface area contributed by atoms with Gasteiger partial charge in [0.15, 0.2) is 10.9 Å². The molecule has 1 rings (SSSR count). The summed E-state index contributed by atoms with van der Waals surface area (Å²) in [4.78, 5) is 12.1. The van der Waals surface area contributed by atoms with Crippen LogP contribution in [0.1, 0.15) is 31.9 Å². The Morgan fingerprint density at radius 2 is 1.76 bits per heavy atom. The van der Waals surface area contributed by atoms with E-state index in [9.17, 15) is 14.5 Å². The molecule has 0 radical (unpaired) electrons. The van der Waals surface area contributed by atoms with E-state index in [1.165, 1.54) is 0 Å². The van der Waals surface area contributed by atoms with Gasteiger partial charge in [0.2, 0.25) is 0 Å². The molecular weight excluding hydrogens is 315 g/mol. The predicted octanol–water partition coefficient (Wildman–Crippen LogP) is 3.51. The maximum Gasteiger partial charge on any atom is 0.355 e. The van der Waals surface area contributed by atoms with E-state index in [0.717, 1.165) is 0 Å². The van der Waals surface area contributed by atoms with Crippen LogP contribution in [0.15, 0.2) is 30.3 Å². The van der Waals surface area contributed by atoms with Crippen molar-refractivity contribution in [3.8, 4) is 0 Å².